The summed E-state index contributed by atoms with van der Waals surface area (Å²) >= 11 is 0. The molecule has 0 unspecified atom stereocenters. The fourth-order valence-corrected chi connectivity index (χ4v) is 3.25. The lowest BCUT2D eigenvalue weighted by atomic mass is 10.0. The summed E-state index contributed by atoms with van der Waals surface area (Å²) in [6.45, 7) is 4.91. The number of carbonyl (C=O) groups is 2. The molecule has 0 aromatic heterocycles. The van der Waals surface area contributed by atoms with Gasteiger partial charge in [-0.1, -0.05) is 6.07 Å². The highest BCUT2D eigenvalue weighted by atomic mass is 19.1. The van der Waals surface area contributed by atoms with Gasteiger partial charge < -0.3 is 15.0 Å². The van der Waals surface area contributed by atoms with Gasteiger partial charge in [-0.05, 0) is 62.1 Å². The minimum absolute atomic E-state index is 0.0414. The molecule has 2 aromatic rings. The molecule has 7 heteroatoms. The maximum Gasteiger partial charge on any atom is 0.260 e. The molecule has 5 nitrogen and oxygen atoms in total. The number of hydrogen-bond acceptors (Lipinski definition) is 3. The predicted molar refractivity (Wildman–Crippen MR) is 105 cm³/mol. The Kier molecular flexibility index (Phi) is 6.46. The van der Waals surface area contributed by atoms with Gasteiger partial charge in [0.25, 0.3) is 11.8 Å². The number of likely N-dealkylation sites (tertiary alicyclic amines) is 1. The minimum atomic E-state index is -0.890. The van der Waals surface area contributed by atoms with Crippen LogP contribution in [0.2, 0.25) is 0 Å². The van der Waals surface area contributed by atoms with Crippen molar-refractivity contribution < 1.29 is 23.1 Å². The van der Waals surface area contributed by atoms with E-state index in [9.17, 15) is 18.4 Å². The normalized spacial score (nSPS) is 14.6. The van der Waals surface area contributed by atoms with E-state index in [1.165, 1.54) is 0 Å². The molecule has 1 heterocycles. The zero-order chi connectivity index (χ0) is 21.0. The molecular weight excluding hydrogens is 378 g/mol. The largest absolute Gasteiger partial charge is 0.484 e. The Bertz CT molecular complexity index is 909. The molecule has 0 radical (unpaired) electrons. The van der Waals surface area contributed by atoms with Gasteiger partial charge in [-0.2, -0.15) is 0 Å². The van der Waals surface area contributed by atoms with Crippen LogP contribution in [0.4, 0.5) is 8.78 Å². The van der Waals surface area contributed by atoms with Crippen molar-refractivity contribution in [3.63, 3.8) is 0 Å². The van der Waals surface area contributed by atoms with E-state index < -0.39 is 17.5 Å². The van der Waals surface area contributed by atoms with Crippen LogP contribution in [0.5, 0.6) is 5.75 Å². The number of hydrogen-bond donors (Lipinski definition) is 1. The van der Waals surface area contributed by atoms with E-state index in [2.05, 4.69) is 5.32 Å². The first-order chi connectivity index (χ1) is 13.8. The lowest BCUT2D eigenvalue weighted by molar-refractivity contribution is -0.134. The Morgan fingerprint density at radius 1 is 1.07 bits per heavy atom. The van der Waals surface area contributed by atoms with Gasteiger partial charge >= 0.3 is 0 Å². The molecule has 0 atom stereocenters. The number of amides is 2. The van der Waals surface area contributed by atoms with E-state index in [1.807, 2.05) is 32.0 Å². The molecule has 1 aliphatic heterocycles. The third-order valence-electron chi connectivity index (χ3n) is 5.20. The maximum atomic E-state index is 13.7. The monoisotopic (exact) mass is 402 g/mol. The Labute approximate surface area is 168 Å². The topological polar surface area (TPSA) is 58.6 Å². The molecule has 1 fully saturated rings. The molecule has 2 amide bonds. The molecule has 0 bridgehead atoms. The molecule has 2 aromatic carbocycles. The number of benzene rings is 2. The smallest absolute Gasteiger partial charge is 0.260 e. The molecule has 3 rings (SSSR count). The summed E-state index contributed by atoms with van der Waals surface area (Å²) in [5.41, 5.74) is 2.07. The van der Waals surface area contributed by atoms with Gasteiger partial charge in [0.05, 0.1) is 5.56 Å². The van der Waals surface area contributed by atoms with E-state index in [0.717, 1.165) is 23.3 Å². The van der Waals surface area contributed by atoms with E-state index in [-0.39, 0.29) is 24.1 Å². The van der Waals surface area contributed by atoms with Crippen LogP contribution in [0.1, 0.15) is 34.3 Å². The quantitative estimate of drug-likeness (QED) is 0.834. The number of ether oxygens (including phenoxy) is 1. The van der Waals surface area contributed by atoms with Crippen LogP contribution in [-0.4, -0.2) is 42.5 Å². The first-order valence-electron chi connectivity index (χ1n) is 9.57. The Hall–Kier alpha value is -2.96. The highest BCUT2D eigenvalue weighted by Crippen LogP contribution is 2.17. The molecular formula is C22H24F2N2O3. The second-order valence-corrected chi connectivity index (χ2v) is 7.29. The molecule has 0 spiro atoms. The number of halogens is 2. The molecule has 0 aliphatic carbocycles. The fourth-order valence-electron chi connectivity index (χ4n) is 3.25. The van der Waals surface area contributed by atoms with Crippen LogP contribution in [-0.2, 0) is 4.79 Å². The van der Waals surface area contributed by atoms with E-state index in [4.69, 9.17) is 4.74 Å². The molecule has 154 valence electrons. The van der Waals surface area contributed by atoms with E-state index >= 15 is 0 Å². The van der Waals surface area contributed by atoms with Gasteiger partial charge in [-0.3, -0.25) is 9.59 Å². The molecule has 1 saturated heterocycles. The number of nitrogens with zero attached hydrogens (tertiary/aromatic N) is 1. The predicted octanol–water partition coefficient (Wildman–Crippen LogP) is 3.38. The molecule has 0 saturated carbocycles. The van der Waals surface area contributed by atoms with Gasteiger partial charge in [0.1, 0.15) is 17.4 Å². The zero-order valence-corrected chi connectivity index (χ0v) is 16.5. The van der Waals surface area contributed by atoms with Gasteiger partial charge in [-0.15, -0.1) is 0 Å². The molecule has 1 aliphatic rings. The summed E-state index contributed by atoms with van der Waals surface area (Å²) in [5, 5.41) is 2.75. The van der Waals surface area contributed by atoms with Crippen molar-refractivity contribution in [2.75, 3.05) is 19.7 Å². The summed E-state index contributed by atoms with van der Waals surface area (Å²) in [6, 6.07) is 8.39. The summed E-state index contributed by atoms with van der Waals surface area (Å²) in [4.78, 5) is 26.3. The van der Waals surface area contributed by atoms with Crippen molar-refractivity contribution >= 4 is 11.8 Å². The van der Waals surface area contributed by atoms with Gasteiger partial charge in [0, 0.05) is 25.2 Å². The molecule has 1 N–H and O–H groups in total. The van der Waals surface area contributed by atoms with E-state index in [1.54, 1.807) is 4.90 Å². The van der Waals surface area contributed by atoms with Crippen LogP contribution >= 0.6 is 0 Å². The highest BCUT2D eigenvalue weighted by molar-refractivity contribution is 5.94. The van der Waals surface area contributed by atoms with Crippen LogP contribution < -0.4 is 10.1 Å². The summed E-state index contributed by atoms with van der Waals surface area (Å²) in [6.07, 6.45) is 1.12. The van der Waals surface area contributed by atoms with Crippen LogP contribution in [0.25, 0.3) is 0 Å². The number of aryl methyl sites for hydroxylation is 2. The minimum Gasteiger partial charge on any atom is -0.484 e. The van der Waals surface area contributed by atoms with Crippen molar-refractivity contribution in [1.29, 1.82) is 0 Å². The third-order valence-corrected chi connectivity index (χ3v) is 5.20. The first-order valence-corrected chi connectivity index (χ1v) is 9.57. The zero-order valence-electron chi connectivity index (χ0n) is 16.5. The lowest BCUT2D eigenvalue weighted by Gasteiger charge is -2.32. The standard InChI is InChI=1S/C22H24F2N2O3/c1-14-3-5-18(11-15(14)2)29-13-21(27)26-9-7-17(8-10-26)25-22(28)19-6-4-16(23)12-20(19)24/h3-6,11-12,17H,7-10,13H2,1-2H3,(H,25,28). The average molecular weight is 402 g/mol. The van der Waals surface area contributed by atoms with E-state index in [0.29, 0.717) is 37.7 Å². The Morgan fingerprint density at radius 3 is 2.45 bits per heavy atom. The average Bonchev–Trinajstić information content (AvgIpc) is 2.69. The van der Waals surface area contributed by atoms with Crippen molar-refractivity contribution in [3.8, 4) is 5.75 Å². The number of rotatable bonds is 5. The van der Waals surface area contributed by atoms with Gasteiger partial charge in [0.2, 0.25) is 0 Å². The number of nitrogens with one attached hydrogen (secondary N) is 1. The van der Waals surface area contributed by atoms with Crippen LogP contribution in [0.15, 0.2) is 36.4 Å². The summed E-state index contributed by atoms with van der Waals surface area (Å²) in [7, 11) is 0. The summed E-state index contributed by atoms with van der Waals surface area (Å²) in [5.74, 6) is -1.65. The first kappa shape index (κ1) is 20.8. The van der Waals surface area contributed by atoms with Crippen molar-refractivity contribution in [3.05, 3.63) is 64.7 Å². The number of carbonyl (C=O) groups excluding carboxylic acids is 2. The van der Waals surface area contributed by atoms with Crippen molar-refractivity contribution in [2.45, 2.75) is 32.7 Å². The fraction of sp³-hybridized carbons (Fsp3) is 0.364. The number of piperidine rings is 1. The van der Waals surface area contributed by atoms with Crippen molar-refractivity contribution in [2.24, 2.45) is 0 Å². The third kappa shape index (κ3) is 5.31. The Morgan fingerprint density at radius 2 is 1.79 bits per heavy atom. The second kappa shape index (κ2) is 9.03. The highest BCUT2D eigenvalue weighted by Gasteiger charge is 2.25. The van der Waals surface area contributed by atoms with Gasteiger partial charge in [0.15, 0.2) is 6.61 Å². The lowest BCUT2D eigenvalue weighted by Crippen LogP contribution is -2.47. The van der Waals surface area contributed by atoms with Crippen LogP contribution in [0.3, 0.4) is 0 Å². The molecule has 29 heavy (non-hydrogen) atoms. The SMILES string of the molecule is Cc1ccc(OCC(=O)N2CCC(NC(=O)c3ccc(F)cc3F)CC2)cc1C. The summed E-state index contributed by atoms with van der Waals surface area (Å²) < 4.78 is 32.3. The van der Waals surface area contributed by atoms with Gasteiger partial charge in [-0.25, -0.2) is 8.78 Å². The van der Waals surface area contributed by atoms with Crippen molar-refractivity contribution in [1.82, 2.24) is 10.2 Å². The second-order valence-electron chi connectivity index (χ2n) is 7.29. The van der Waals surface area contributed by atoms with Crippen LogP contribution in [0, 0.1) is 25.5 Å². The Balaban J connectivity index is 1.46. The maximum absolute atomic E-state index is 13.7.